The van der Waals surface area contributed by atoms with Gasteiger partial charge in [-0.25, -0.2) is 4.79 Å². The van der Waals surface area contributed by atoms with Crippen molar-refractivity contribution in [1.29, 1.82) is 0 Å². The number of carbonyl (C=O) groups is 2. The van der Waals surface area contributed by atoms with Gasteiger partial charge in [0.05, 0.1) is 12.7 Å². The minimum absolute atomic E-state index is 0.174. The van der Waals surface area contributed by atoms with E-state index in [9.17, 15) is 14.7 Å². The van der Waals surface area contributed by atoms with Gasteiger partial charge in [0.2, 0.25) is 5.91 Å². The smallest absolute Gasteiger partial charge is 0.409 e. The monoisotopic (exact) mass is 587 g/mol. The summed E-state index contributed by atoms with van der Waals surface area (Å²) in [5, 5.41) is 21.3. The fraction of sp³-hybridized carbons (Fsp3) is 0.471. The summed E-state index contributed by atoms with van der Waals surface area (Å²) in [4.78, 5) is 24.9. The zero-order valence-electron chi connectivity index (χ0n) is 26.0. The summed E-state index contributed by atoms with van der Waals surface area (Å²) in [6, 6.07) is 20.3. The van der Waals surface area contributed by atoms with Crippen molar-refractivity contribution >= 4 is 17.8 Å². The summed E-state index contributed by atoms with van der Waals surface area (Å²) in [5.74, 6) is 0.217. The first-order valence-electron chi connectivity index (χ1n) is 15.1. The van der Waals surface area contributed by atoms with Gasteiger partial charge >= 0.3 is 6.09 Å². The molecule has 0 saturated heterocycles. The topological polar surface area (TPSA) is 131 Å². The Bertz CT molecular complexity index is 1380. The Balaban J connectivity index is 0.000000255. The third-order valence-corrected chi connectivity index (χ3v) is 8.22. The Morgan fingerprint density at radius 2 is 1.63 bits per heavy atom. The predicted octanol–water partition coefficient (Wildman–Crippen LogP) is 6.26. The molecule has 2 aliphatic carbocycles. The number of nitrogens with two attached hydrogens (primary N) is 1. The number of hydrogen-bond donors (Lipinski definition) is 3. The summed E-state index contributed by atoms with van der Waals surface area (Å²) < 4.78 is 4.81. The van der Waals surface area contributed by atoms with E-state index in [0.29, 0.717) is 24.7 Å². The Kier molecular flexibility index (Phi) is 10.2. The second kappa shape index (κ2) is 13.7. The average molecular weight is 588 g/mol. The van der Waals surface area contributed by atoms with Gasteiger partial charge in [0, 0.05) is 35.7 Å². The first-order chi connectivity index (χ1) is 20.4. The van der Waals surface area contributed by atoms with Gasteiger partial charge in [0.1, 0.15) is 5.69 Å². The minimum Gasteiger partial charge on any atom is -0.453 e. The molecular weight excluding hydrogens is 542 g/mol. The van der Waals surface area contributed by atoms with Crippen molar-refractivity contribution in [3.05, 3.63) is 66.2 Å². The number of ether oxygens (including phenoxy) is 1. The normalized spacial score (nSPS) is 21.7. The highest BCUT2D eigenvalue weighted by Crippen LogP contribution is 2.46. The number of aliphatic hydroxyl groups is 1. The molecule has 0 aliphatic heterocycles. The van der Waals surface area contributed by atoms with E-state index in [0.717, 1.165) is 40.8 Å². The molecule has 5 rings (SSSR count). The maximum atomic E-state index is 11.6. The van der Waals surface area contributed by atoms with Crippen LogP contribution in [-0.4, -0.2) is 57.0 Å². The molecule has 2 saturated carbocycles. The van der Waals surface area contributed by atoms with E-state index < -0.39 is 11.1 Å². The zero-order chi connectivity index (χ0) is 31.2. The fourth-order valence-corrected chi connectivity index (χ4v) is 6.40. The summed E-state index contributed by atoms with van der Waals surface area (Å²) in [5.41, 5.74) is 9.75. The first-order valence-corrected chi connectivity index (χ1v) is 15.1. The number of benzene rings is 2. The van der Waals surface area contributed by atoms with Crippen LogP contribution in [0.25, 0.3) is 22.4 Å². The summed E-state index contributed by atoms with van der Waals surface area (Å²) in [6.07, 6.45) is 6.96. The third kappa shape index (κ3) is 7.97. The molecule has 2 amide bonds. The van der Waals surface area contributed by atoms with Gasteiger partial charge in [0.25, 0.3) is 0 Å². The van der Waals surface area contributed by atoms with Crippen LogP contribution in [0.15, 0.2) is 60.7 Å². The van der Waals surface area contributed by atoms with Gasteiger partial charge in [0.15, 0.2) is 5.82 Å². The molecule has 9 heteroatoms. The number of nitrogens with one attached hydrogen (secondary N) is 1. The van der Waals surface area contributed by atoms with E-state index in [1.165, 1.54) is 33.3 Å². The van der Waals surface area contributed by atoms with E-state index in [-0.39, 0.29) is 18.0 Å². The molecule has 2 fully saturated rings. The van der Waals surface area contributed by atoms with Crippen molar-refractivity contribution in [1.82, 2.24) is 15.1 Å². The lowest BCUT2D eigenvalue weighted by molar-refractivity contribution is -0.114. The predicted molar refractivity (Wildman–Crippen MR) is 169 cm³/mol. The number of aromatic nitrogens is 2. The number of nitrogens with zero attached hydrogens (tertiary/aromatic N) is 3. The van der Waals surface area contributed by atoms with Crippen LogP contribution in [0.1, 0.15) is 78.2 Å². The molecule has 4 N–H and O–H groups in total. The summed E-state index contributed by atoms with van der Waals surface area (Å²) in [7, 11) is 1.46. The zero-order valence-corrected chi connectivity index (χ0v) is 26.0. The quantitative estimate of drug-likeness (QED) is 0.310. The molecule has 43 heavy (non-hydrogen) atoms. The minimum atomic E-state index is -0.696. The van der Waals surface area contributed by atoms with Crippen molar-refractivity contribution in [3.8, 4) is 22.4 Å². The van der Waals surface area contributed by atoms with Crippen molar-refractivity contribution in [2.45, 2.75) is 95.9 Å². The molecule has 1 heterocycles. The number of methoxy groups -OCH3 is 1. The molecule has 9 nitrogen and oxygen atoms in total. The summed E-state index contributed by atoms with van der Waals surface area (Å²) >= 11 is 0. The van der Waals surface area contributed by atoms with Gasteiger partial charge in [-0.1, -0.05) is 73.9 Å². The molecule has 0 spiro atoms. The number of carbonyl (C=O) groups excluding carboxylic acids is 2. The Hall–Kier alpha value is -3.82. The highest BCUT2D eigenvalue weighted by atomic mass is 16.5. The van der Waals surface area contributed by atoms with Crippen molar-refractivity contribution in [2.24, 2.45) is 5.73 Å². The van der Waals surface area contributed by atoms with Crippen molar-refractivity contribution in [2.75, 3.05) is 12.4 Å². The number of anilines is 1. The highest BCUT2D eigenvalue weighted by molar-refractivity contribution is 5.90. The van der Waals surface area contributed by atoms with Crippen molar-refractivity contribution < 1.29 is 19.4 Å². The van der Waals surface area contributed by atoms with E-state index in [1.54, 1.807) is 0 Å². The van der Waals surface area contributed by atoms with Crippen LogP contribution in [0.5, 0.6) is 0 Å². The molecule has 3 aromatic rings. The molecular formula is C34H45N5O4. The van der Waals surface area contributed by atoms with E-state index >= 15 is 0 Å². The average Bonchev–Trinajstić information content (AvgIpc) is 2.97. The molecule has 0 radical (unpaired) electrons. The van der Waals surface area contributed by atoms with Crippen LogP contribution >= 0.6 is 0 Å². The van der Waals surface area contributed by atoms with E-state index in [1.807, 2.05) is 86.3 Å². The first kappa shape index (κ1) is 32.1. The highest BCUT2D eigenvalue weighted by Gasteiger charge is 2.49. The SMILES string of the molecule is CC(=O)Nc1cc(-c2ccccc2)c(-c2ccc(C3(N)CC(C)(O)C3)cc2)nn1.COC(=O)N(C(C)C)C1CCCCC1. The Morgan fingerprint density at radius 3 is 2.16 bits per heavy atom. The van der Waals surface area contributed by atoms with Crippen LogP contribution in [0, 0.1) is 0 Å². The third-order valence-electron chi connectivity index (χ3n) is 8.22. The Morgan fingerprint density at radius 1 is 1.00 bits per heavy atom. The summed E-state index contributed by atoms with van der Waals surface area (Å²) in [6.45, 7) is 7.35. The standard InChI is InChI=1S/C23H24N4O2.C11H21NO2/c1-15(28)25-20-12-19(16-6-4-3-5-7-16)21(27-26-20)17-8-10-18(11-9-17)23(24)13-22(2,29)14-23;1-9(2)12(11(13)14-3)10-7-5-4-6-8-10/h3-12,29H,13-14,24H2,1-2H3,(H,25,26,28);9-10H,4-8H2,1-3H3. The van der Waals surface area contributed by atoms with Crippen molar-refractivity contribution in [3.63, 3.8) is 0 Å². The number of amides is 2. The van der Waals surface area contributed by atoms with Crippen LogP contribution in [0.4, 0.5) is 10.6 Å². The van der Waals surface area contributed by atoms with Crippen LogP contribution < -0.4 is 11.1 Å². The van der Waals surface area contributed by atoms with Gasteiger partial charge in [-0.2, -0.15) is 0 Å². The molecule has 0 atom stereocenters. The largest absolute Gasteiger partial charge is 0.453 e. The molecule has 2 aromatic carbocycles. The maximum Gasteiger partial charge on any atom is 0.409 e. The van der Waals surface area contributed by atoms with Gasteiger partial charge < -0.3 is 25.8 Å². The second-order valence-corrected chi connectivity index (χ2v) is 12.4. The van der Waals surface area contributed by atoms with Crippen LogP contribution in [0.2, 0.25) is 0 Å². The maximum absolute atomic E-state index is 11.6. The molecule has 1 aromatic heterocycles. The van der Waals surface area contributed by atoms with E-state index in [4.69, 9.17) is 10.5 Å². The van der Waals surface area contributed by atoms with Gasteiger partial charge in [-0.15, -0.1) is 10.2 Å². The number of hydrogen-bond acceptors (Lipinski definition) is 7. The lowest BCUT2D eigenvalue weighted by atomic mass is 9.63. The Labute approximate surface area is 254 Å². The number of rotatable bonds is 6. The molecule has 0 unspecified atom stereocenters. The lowest BCUT2D eigenvalue weighted by Gasteiger charge is -2.49. The molecule has 230 valence electrons. The lowest BCUT2D eigenvalue weighted by Crippen LogP contribution is -2.58. The molecule has 0 bridgehead atoms. The van der Waals surface area contributed by atoms with Crippen LogP contribution in [0.3, 0.4) is 0 Å². The molecule has 2 aliphatic rings. The van der Waals surface area contributed by atoms with Gasteiger partial charge in [-0.3, -0.25) is 4.79 Å². The van der Waals surface area contributed by atoms with Gasteiger partial charge in [-0.05, 0) is 63.6 Å². The van der Waals surface area contributed by atoms with Crippen LogP contribution in [-0.2, 0) is 15.1 Å². The second-order valence-electron chi connectivity index (χ2n) is 12.4. The fourth-order valence-electron chi connectivity index (χ4n) is 6.40. The van der Waals surface area contributed by atoms with E-state index in [2.05, 4.69) is 15.5 Å².